The molecule has 0 aliphatic carbocycles. The van der Waals surface area contributed by atoms with Crippen molar-refractivity contribution in [3.05, 3.63) is 35.4 Å². The predicted octanol–water partition coefficient (Wildman–Crippen LogP) is 1.22. The van der Waals surface area contributed by atoms with Crippen LogP contribution in [-0.2, 0) is 27.7 Å². The van der Waals surface area contributed by atoms with Crippen LogP contribution in [0.5, 0.6) is 0 Å². The van der Waals surface area contributed by atoms with Gasteiger partial charge in [0.15, 0.2) is 0 Å². The van der Waals surface area contributed by atoms with Crippen molar-refractivity contribution >= 4 is 15.9 Å². The molecule has 0 saturated heterocycles. The molecule has 3 N–H and O–H groups in total. The van der Waals surface area contributed by atoms with Gasteiger partial charge < -0.3 is 5.32 Å². The Morgan fingerprint density at radius 1 is 1.19 bits per heavy atom. The molecule has 1 rings (SSSR count). The van der Waals surface area contributed by atoms with Crippen molar-refractivity contribution in [2.75, 3.05) is 12.3 Å². The largest absolute Gasteiger partial charge is 0.355 e. The van der Waals surface area contributed by atoms with E-state index in [4.69, 9.17) is 5.14 Å². The molecule has 0 radical (unpaired) electrons. The first-order valence-corrected chi connectivity index (χ1v) is 8.83. The quantitative estimate of drug-likeness (QED) is 0.756. The molecule has 0 spiro atoms. The zero-order chi connectivity index (χ0) is 15.9. The van der Waals surface area contributed by atoms with Crippen LogP contribution in [0.3, 0.4) is 0 Å². The molecule has 1 amide bonds. The Hall–Kier alpha value is -1.40. The van der Waals surface area contributed by atoms with Gasteiger partial charge in [-0.1, -0.05) is 38.1 Å². The number of aryl methyl sites for hydroxylation is 1. The number of benzene rings is 1. The maximum atomic E-state index is 11.6. The first-order valence-electron chi connectivity index (χ1n) is 7.11. The van der Waals surface area contributed by atoms with E-state index >= 15 is 0 Å². The van der Waals surface area contributed by atoms with Crippen molar-refractivity contribution in [2.45, 2.75) is 33.1 Å². The van der Waals surface area contributed by atoms with Crippen molar-refractivity contribution < 1.29 is 13.2 Å². The highest BCUT2D eigenvalue weighted by Crippen LogP contribution is 2.11. The third-order valence-electron chi connectivity index (χ3n) is 3.02. The third-order valence-corrected chi connectivity index (χ3v) is 3.79. The van der Waals surface area contributed by atoms with Crippen LogP contribution in [0.1, 0.15) is 31.4 Å². The summed E-state index contributed by atoms with van der Waals surface area (Å²) in [4.78, 5) is 11.6. The summed E-state index contributed by atoms with van der Waals surface area (Å²) in [5.74, 6) is 0.230. The van der Waals surface area contributed by atoms with E-state index in [0.717, 1.165) is 12.0 Å². The molecule has 6 heteroatoms. The molecule has 0 unspecified atom stereocenters. The lowest BCUT2D eigenvalue weighted by Crippen LogP contribution is -2.31. The van der Waals surface area contributed by atoms with Gasteiger partial charge in [0.05, 0.1) is 5.75 Å². The molecule has 1 aromatic rings. The molecule has 0 aromatic heterocycles. The highest BCUT2D eigenvalue weighted by molar-refractivity contribution is 7.89. The van der Waals surface area contributed by atoms with Crippen LogP contribution in [0.25, 0.3) is 0 Å². The molecule has 0 aliphatic rings. The molecule has 0 aliphatic heterocycles. The second-order valence-electron chi connectivity index (χ2n) is 5.63. The van der Waals surface area contributed by atoms with Crippen LogP contribution in [-0.4, -0.2) is 26.6 Å². The number of primary sulfonamides is 1. The first kappa shape index (κ1) is 17.7. The lowest BCUT2D eigenvalue weighted by molar-refractivity contribution is -0.120. The Morgan fingerprint density at radius 3 is 2.29 bits per heavy atom. The molecular weight excluding hydrogens is 288 g/mol. The number of carbonyl (C=O) groups excluding carboxylic acids is 1. The lowest BCUT2D eigenvalue weighted by Gasteiger charge is -2.07. The van der Waals surface area contributed by atoms with Crippen LogP contribution in [0.15, 0.2) is 24.3 Å². The maximum absolute atomic E-state index is 11.6. The Kier molecular flexibility index (Phi) is 6.84. The van der Waals surface area contributed by atoms with Gasteiger partial charge >= 0.3 is 0 Å². The van der Waals surface area contributed by atoms with E-state index in [2.05, 4.69) is 31.3 Å². The highest BCUT2D eigenvalue weighted by Gasteiger charge is 2.06. The van der Waals surface area contributed by atoms with Gasteiger partial charge in [-0.15, -0.1) is 0 Å². The number of carbonyl (C=O) groups is 1. The average Bonchev–Trinajstić information content (AvgIpc) is 2.36. The minimum Gasteiger partial charge on any atom is -0.355 e. The zero-order valence-corrected chi connectivity index (χ0v) is 13.4. The van der Waals surface area contributed by atoms with E-state index in [0.29, 0.717) is 18.8 Å². The fraction of sp³-hybridized carbons (Fsp3) is 0.533. The van der Waals surface area contributed by atoms with Gasteiger partial charge in [-0.3, -0.25) is 4.79 Å². The van der Waals surface area contributed by atoms with Crippen molar-refractivity contribution in [3.8, 4) is 0 Å². The lowest BCUT2D eigenvalue weighted by atomic mass is 10.0. The smallest absolute Gasteiger partial charge is 0.220 e. The Bertz CT molecular complexity index is 551. The van der Waals surface area contributed by atoms with Crippen LogP contribution in [0.4, 0.5) is 0 Å². The van der Waals surface area contributed by atoms with Gasteiger partial charge in [0.25, 0.3) is 0 Å². The molecule has 118 valence electrons. The van der Waals surface area contributed by atoms with Crippen molar-refractivity contribution in [2.24, 2.45) is 11.1 Å². The number of rotatable bonds is 8. The molecular formula is C15H24N2O3S. The normalized spacial score (nSPS) is 11.6. The molecule has 0 atom stereocenters. The number of nitrogens with two attached hydrogens (primary N) is 1. The molecule has 21 heavy (non-hydrogen) atoms. The van der Waals surface area contributed by atoms with Gasteiger partial charge in [0.1, 0.15) is 0 Å². The van der Waals surface area contributed by atoms with E-state index < -0.39 is 10.0 Å². The van der Waals surface area contributed by atoms with Gasteiger partial charge in [0.2, 0.25) is 15.9 Å². The molecule has 1 aromatic carbocycles. The monoisotopic (exact) mass is 312 g/mol. The van der Waals surface area contributed by atoms with Crippen molar-refractivity contribution in [3.63, 3.8) is 0 Å². The van der Waals surface area contributed by atoms with Crippen LogP contribution in [0.2, 0.25) is 0 Å². The van der Waals surface area contributed by atoms with Crippen molar-refractivity contribution in [1.82, 2.24) is 5.32 Å². The molecule has 0 saturated carbocycles. The van der Waals surface area contributed by atoms with Gasteiger partial charge in [-0.25, -0.2) is 13.6 Å². The number of nitrogens with one attached hydrogen (secondary N) is 1. The second kappa shape index (κ2) is 8.14. The highest BCUT2D eigenvalue weighted by atomic mass is 32.2. The summed E-state index contributed by atoms with van der Waals surface area (Å²) in [5, 5.41) is 7.40. The number of amides is 1. The minimum atomic E-state index is -3.52. The van der Waals surface area contributed by atoms with E-state index in [9.17, 15) is 13.2 Å². The first-order chi connectivity index (χ1) is 9.76. The standard InChI is InChI=1S/C15H24N2O3S/c1-12(2)11-14-5-3-13(4-6-14)7-8-15(18)17-9-10-21(16,19)20/h3-6,12H,7-11H2,1-2H3,(H,17,18)(H2,16,19,20). The van der Waals surface area contributed by atoms with Gasteiger partial charge in [0, 0.05) is 13.0 Å². The molecule has 0 bridgehead atoms. The van der Waals surface area contributed by atoms with Crippen LogP contribution >= 0.6 is 0 Å². The maximum Gasteiger partial charge on any atom is 0.220 e. The minimum absolute atomic E-state index is 0.0605. The predicted molar refractivity (Wildman–Crippen MR) is 84.3 cm³/mol. The fourth-order valence-electron chi connectivity index (χ4n) is 1.99. The zero-order valence-electron chi connectivity index (χ0n) is 12.6. The number of hydrogen-bond donors (Lipinski definition) is 2. The summed E-state index contributed by atoms with van der Waals surface area (Å²) in [5.41, 5.74) is 2.40. The summed E-state index contributed by atoms with van der Waals surface area (Å²) in [6.45, 7) is 4.42. The molecule has 5 nitrogen and oxygen atoms in total. The van der Waals surface area contributed by atoms with Crippen LogP contribution < -0.4 is 10.5 Å². The summed E-state index contributed by atoms with van der Waals surface area (Å²) in [6.07, 6.45) is 2.03. The fourth-order valence-corrected chi connectivity index (χ4v) is 2.38. The SMILES string of the molecule is CC(C)Cc1ccc(CCC(=O)NCCS(N)(=O)=O)cc1. The third kappa shape index (κ3) is 8.47. The average molecular weight is 312 g/mol. The summed E-state index contributed by atoms with van der Waals surface area (Å²) in [6, 6.07) is 8.26. The van der Waals surface area contributed by atoms with Crippen molar-refractivity contribution in [1.29, 1.82) is 0 Å². The Morgan fingerprint density at radius 2 is 1.76 bits per heavy atom. The second-order valence-corrected chi connectivity index (χ2v) is 7.37. The number of hydrogen-bond acceptors (Lipinski definition) is 3. The summed E-state index contributed by atoms with van der Waals surface area (Å²) < 4.78 is 21.5. The van der Waals surface area contributed by atoms with E-state index in [-0.39, 0.29) is 18.2 Å². The summed E-state index contributed by atoms with van der Waals surface area (Å²) in [7, 11) is -3.52. The Labute approximate surface area is 127 Å². The van der Waals surface area contributed by atoms with E-state index in [1.807, 2.05) is 12.1 Å². The van der Waals surface area contributed by atoms with E-state index in [1.165, 1.54) is 5.56 Å². The number of sulfonamides is 1. The Balaban J connectivity index is 2.32. The van der Waals surface area contributed by atoms with Crippen LogP contribution in [0, 0.1) is 5.92 Å². The summed E-state index contributed by atoms with van der Waals surface area (Å²) >= 11 is 0. The topological polar surface area (TPSA) is 89.3 Å². The molecule has 0 fully saturated rings. The van der Waals surface area contributed by atoms with Gasteiger partial charge in [-0.2, -0.15) is 0 Å². The molecule has 0 heterocycles. The van der Waals surface area contributed by atoms with Gasteiger partial charge in [-0.05, 0) is 29.9 Å². The van der Waals surface area contributed by atoms with E-state index in [1.54, 1.807) is 0 Å².